The van der Waals surface area contributed by atoms with Crippen molar-refractivity contribution in [1.29, 1.82) is 0 Å². The minimum Gasteiger partial charge on any atom is -0.386 e. The van der Waals surface area contributed by atoms with Gasteiger partial charge < -0.3 is 10.2 Å². The van der Waals surface area contributed by atoms with Crippen LogP contribution in [0.2, 0.25) is 0 Å². The molecule has 3 aromatic rings. The van der Waals surface area contributed by atoms with Gasteiger partial charge >= 0.3 is 0 Å². The van der Waals surface area contributed by atoms with E-state index < -0.39 is 12.2 Å². The van der Waals surface area contributed by atoms with Crippen molar-refractivity contribution in [3.8, 4) is 0 Å². The van der Waals surface area contributed by atoms with Gasteiger partial charge in [-0.25, -0.2) is 0 Å². The molecule has 0 unspecified atom stereocenters. The van der Waals surface area contributed by atoms with Gasteiger partial charge in [-0.2, -0.15) is 0 Å². The maximum absolute atomic E-state index is 10.3. The van der Waals surface area contributed by atoms with E-state index >= 15 is 0 Å². The van der Waals surface area contributed by atoms with Crippen molar-refractivity contribution in [3.63, 3.8) is 0 Å². The summed E-state index contributed by atoms with van der Waals surface area (Å²) >= 11 is 1.68. The van der Waals surface area contributed by atoms with Gasteiger partial charge in [-0.3, -0.25) is 0 Å². The first kappa shape index (κ1) is 11.2. The van der Waals surface area contributed by atoms with Crippen LogP contribution in [0.25, 0.3) is 26.2 Å². The zero-order valence-electron chi connectivity index (χ0n) is 10.1. The van der Waals surface area contributed by atoms with E-state index in [9.17, 15) is 10.2 Å². The molecular formula is C16H12O2S. The predicted molar refractivity (Wildman–Crippen MR) is 79.3 cm³/mol. The minimum absolute atomic E-state index is 0.816. The summed E-state index contributed by atoms with van der Waals surface area (Å²) in [7, 11) is 0. The maximum atomic E-state index is 10.3. The molecule has 1 aliphatic carbocycles. The Morgan fingerprint density at radius 3 is 2.68 bits per heavy atom. The summed E-state index contributed by atoms with van der Waals surface area (Å²) in [6.07, 6.45) is 1.88. The van der Waals surface area contributed by atoms with Gasteiger partial charge in [0.1, 0.15) is 12.2 Å². The summed E-state index contributed by atoms with van der Waals surface area (Å²) in [6, 6.07) is 12.4. The van der Waals surface area contributed by atoms with Crippen LogP contribution in [-0.4, -0.2) is 16.3 Å². The fraction of sp³-hybridized carbons (Fsp3) is 0.125. The van der Waals surface area contributed by atoms with Crippen LogP contribution in [0, 0.1) is 0 Å². The number of hydrogen-bond acceptors (Lipinski definition) is 3. The van der Waals surface area contributed by atoms with Crippen LogP contribution in [0.3, 0.4) is 0 Å². The van der Waals surface area contributed by atoms with Crippen LogP contribution in [0.1, 0.15) is 17.2 Å². The van der Waals surface area contributed by atoms with Gasteiger partial charge in [0.25, 0.3) is 0 Å². The van der Waals surface area contributed by atoms with Crippen molar-refractivity contribution in [2.45, 2.75) is 12.2 Å². The van der Waals surface area contributed by atoms with Gasteiger partial charge in [-0.05, 0) is 11.6 Å². The molecule has 0 fully saturated rings. The Balaban J connectivity index is 2.16. The van der Waals surface area contributed by atoms with Crippen LogP contribution >= 0.6 is 11.3 Å². The normalized spacial score (nSPS) is 22.0. The van der Waals surface area contributed by atoms with Crippen LogP contribution in [0.5, 0.6) is 0 Å². The fourth-order valence-corrected chi connectivity index (χ4v) is 4.04. The zero-order valence-corrected chi connectivity index (χ0v) is 10.9. The summed E-state index contributed by atoms with van der Waals surface area (Å²) in [5.41, 5.74) is 1.85. The Hall–Kier alpha value is -1.68. The molecule has 4 rings (SSSR count). The summed E-state index contributed by atoms with van der Waals surface area (Å²) in [5.74, 6) is 0. The second-order valence-corrected chi connectivity index (χ2v) is 5.89. The van der Waals surface area contributed by atoms with E-state index in [0.717, 1.165) is 21.2 Å². The van der Waals surface area contributed by atoms with E-state index in [1.807, 2.05) is 24.3 Å². The van der Waals surface area contributed by atoms with E-state index in [1.54, 1.807) is 17.4 Å². The molecule has 1 heterocycles. The number of fused-ring (bicyclic) bond motifs is 5. The maximum Gasteiger partial charge on any atom is 0.110 e. The molecule has 0 radical (unpaired) electrons. The quantitative estimate of drug-likeness (QED) is 0.655. The first-order valence-corrected chi connectivity index (χ1v) is 7.06. The summed E-state index contributed by atoms with van der Waals surface area (Å²) < 4.78 is 2.29. The summed E-state index contributed by atoms with van der Waals surface area (Å²) in [5, 5.41) is 22.4. The van der Waals surface area contributed by atoms with Crippen molar-refractivity contribution in [2.75, 3.05) is 0 Å². The van der Waals surface area contributed by atoms with Gasteiger partial charge in [-0.15, -0.1) is 11.3 Å². The molecule has 1 aromatic heterocycles. The zero-order chi connectivity index (χ0) is 13.0. The molecule has 0 saturated carbocycles. The first-order chi connectivity index (χ1) is 9.25. The number of aliphatic hydroxyl groups is 2. The van der Waals surface area contributed by atoms with Gasteiger partial charge in [0.15, 0.2) is 0 Å². The van der Waals surface area contributed by atoms with Gasteiger partial charge in [-0.1, -0.05) is 42.5 Å². The highest BCUT2D eigenvalue weighted by Gasteiger charge is 2.25. The van der Waals surface area contributed by atoms with E-state index in [1.165, 1.54) is 10.1 Å². The molecule has 2 atom stereocenters. The van der Waals surface area contributed by atoms with Crippen molar-refractivity contribution in [2.24, 2.45) is 0 Å². The Morgan fingerprint density at radius 2 is 1.79 bits per heavy atom. The third-order valence-corrected chi connectivity index (χ3v) is 4.93. The highest BCUT2D eigenvalue weighted by molar-refractivity contribution is 7.26. The van der Waals surface area contributed by atoms with Crippen molar-refractivity contribution in [1.82, 2.24) is 0 Å². The monoisotopic (exact) mass is 268 g/mol. The fourth-order valence-electron chi connectivity index (χ4n) is 2.75. The van der Waals surface area contributed by atoms with Gasteiger partial charge in [0.2, 0.25) is 0 Å². The van der Waals surface area contributed by atoms with E-state index in [4.69, 9.17) is 0 Å². The highest BCUT2D eigenvalue weighted by Crippen LogP contribution is 2.41. The lowest BCUT2D eigenvalue weighted by Crippen LogP contribution is -2.19. The second kappa shape index (κ2) is 3.90. The molecule has 0 aliphatic heterocycles. The average Bonchev–Trinajstić information content (AvgIpc) is 2.81. The third kappa shape index (κ3) is 1.49. The Labute approximate surface area is 114 Å². The van der Waals surface area contributed by atoms with E-state index in [2.05, 4.69) is 18.2 Å². The molecule has 2 nitrogen and oxygen atoms in total. The molecule has 0 spiro atoms. The van der Waals surface area contributed by atoms with E-state index in [-0.39, 0.29) is 0 Å². The SMILES string of the molecule is O[C@H]1C=Cc2ccc3c(sc4ccccc43)c2[C@@H]1O. The average molecular weight is 268 g/mol. The van der Waals surface area contributed by atoms with Crippen molar-refractivity contribution >= 4 is 37.6 Å². The minimum atomic E-state index is -0.836. The van der Waals surface area contributed by atoms with Gasteiger partial charge in [0.05, 0.1) is 0 Å². The van der Waals surface area contributed by atoms with Crippen LogP contribution in [0.15, 0.2) is 42.5 Å². The molecule has 94 valence electrons. The van der Waals surface area contributed by atoms with Gasteiger partial charge in [0, 0.05) is 25.7 Å². The molecule has 1 aliphatic rings. The second-order valence-electron chi connectivity index (χ2n) is 4.84. The standard InChI is InChI=1S/C16H12O2S/c17-12-8-6-9-5-7-11-10-3-1-2-4-13(10)19-16(11)14(9)15(12)18/h1-8,12,15,17-18H/t12-,15+/m0/s1. The lowest BCUT2D eigenvalue weighted by molar-refractivity contribution is 0.0481. The molecular weight excluding hydrogens is 256 g/mol. The summed E-state index contributed by atoms with van der Waals surface area (Å²) in [4.78, 5) is 0. The lowest BCUT2D eigenvalue weighted by Gasteiger charge is -2.22. The molecule has 2 aromatic carbocycles. The Kier molecular flexibility index (Phi) is 2.30. The van der Waals surface area contributed by atoms with E-state index in [0.29, 0.717) is 0 Å². The predicted octanol–water partition coefficient (Wildman–Crippen LogP) is 3.48. The number of rotatable bonds is 0. The number of benzene rings is 2. The van der Waals surface area contributed by atoms with Crippen LogP contribution in [0.4, 0.5) is 0 Å². The smallest absolute Gasteiger partial charge is 0.110 e. The molecule has 0 bridgehead atoms. The third-order valence-electron chi connectivity index (χ3n) is 3.71. The molecule has 19 heavy (non-hydrogen) atoms. The molecule has 0 amide bonds. The number of hydrogen-bond donors (Lipinski definition) is 2. The Morgan fingerprint density at radius 1 is 0.947 bits per heavy atom. The topological polar surface area (TPSA) is 40.5 Å². The molecule has 2 N–H and O–H groups in total. The van der Waals surface area contributed by atoms with Crippen molar-refractivity contribution in [3.05, 3.63) is 53.6 Å². The molecule has 3 heteroatoms. The lowest BCUT2D eigenvalue weighted by atomic mass is 9.91. The largest absolute Gasteiger partial charge is 0.386 e. The number of aliphatic hydroxyl groups excluding tert-OH is 2. The number of thiophene rings is 1. The molecule has 0 saturated heterocycles. The highest BCUT2D eigenvalue weighted by atomic mass is 32.1. The van der Waals surface area contributed by atoms with Crippen molar-refractivity contribution < 1.29 is 10.2 Å². The van der Waals surface area contributed by atoms with Crippen LogP contribution < -0.4 is 0 Å². The Bertz CT molecular complexity index is 816. The summed E-state index contributed by atoms with van der Waals surface area (Å²) in [6.45, 7) is 0. The van der Waals surface area contributed by atoms with Crippen LogP contribution in [-0.2, 0) is 0 Å². The first-order valence-electron chi connectivity index (χ1n) is 6.24.